The van der Waals surface area contributed by atoms with Gasteiger partial charge in [0.25, 0.3) is 5.91 Å². The minimum Gasteiger partial charge on any atom is -0.493 e. The Kier molecular flexibility index (Phi) is 7.44. The molecule has 0 spiro atoms. The van der Waals surface area contributed by atoms with Gasteiger partial charge in [0.2, 0.25) is 10.0 Å². The second-order valence-corrected chi connectivity index (χ2v) is 9.77. The van der Waals surface area contributed by atoms with Crippen LogP contribution in [0.2, 0.25) is 0 Å². The lowest BCUT2D eigenvalue weighted by Gasteiger charge is -2.32. The number of carbonyl (C=O) groups is 1. The maximum absolute atomic E-state index is 12.6. The van der Waals surface area contributed by atoms with Crippen LogP contribution in [0.15, 0.2) is 53.7 Å². The van der Waals surface area contributed by atoms with Crippen LogP contribution in [0.3, 0.4) is 0 Å². The van der Waals surface area contributed by atoms with Gasteiger partial charge in [0.05, 0.1) is 11.5 Å². The van der Waals surface area contributed by atoms with E-state index >= 15 is 0 Å². The summed E-state index contributed by atoms with van der Waals surface area (Å²) in [5.74, 6) is 1.27. The Bertz CT molecular complexity index is 923. The van der Waals surface area contributed by atoms with Gasteiger partial charge in [-0.3, -0.25) is 9.78 Å². The van der Waals surface area contributed by atoms with Crippen molar-refractivity contribution in [1.29, 1.82) is 0 Å². The Balaban J connectivity index is 1.48. The van der Waals surface area contributed by atoms with E-state index in [1.54, 1.807) is 48.8 Å². The highest BCUT2D eigenvalue weighted by atomic mass is 32.2. The molecule has 0 radical (unpaired) electrons. The van der Waals surface area contributed by atoms with E-state index in [-0.39, 0.29) is 16.7 Å². The Morgan fingerprint density at radius 1 is 1.13 bits per heavy atom. The molecule has 2 aromatic rings. The topological polar surface area (TPSA) is 88.6 Å². The molecule has 0 bridgehead atoms. The van der Waals surface area contributed by atoms with E-state index in [4.69, 9.17) is 4.74 Å². The lowest BCUT2D eigenvalue weighted by atomic mass is 9.97. The van der Waals surface area contributed by atoms with Gasteiger partial charge in [-0.1, -0.05) is 13.8 Å². The quantitative estimate of drug-likeness (QED) is 0.694. The highest BCUT2D eigenvalue weighted by molar-refractivity contribution is 7.89. The molecule has 1 N–H and O–H groups in total. The number of nitrogens with one attached hydrogen (secondary N) is 1. The Morgan fingerprint density at radius 3 is 2.37 bits per heavy atom. The monoisotopic (exact) mass is 431 g/mol. The Hall–Kier alpha value is -2.45. The Labute approximate surface area is 178 Å². The van der Waals surface area contributed by atoms with E-state index in [2.05, 4.69) is 23.6 Å². The largest absolute Gasteiger partial charge is 0.493 e. The summed E-state index contributed by atoms with van der Waals surface area (Å²) in [5.41, 5.74) is 0.630. The van der Waals surface area contributed by atoms with E-state index in [9.17, 15) is 13.2 Å². The predicted molar refractivity (Wildman–Crippen MR) is 115 cm³/mol. The van der Waals surface area contributed by atoms with E-state index in [0.717, 1.165) is 12.8 Å². The molecule has 1 aliphatic heterocycles. The van der Waals surface area contributed by atoms with Crippen LogP contribution in [-0.4, -0.2) is 50.5 Å². The average molecular weight is 432 g/mol. The summed E-state index contributed by atoms with van der Waals surface area (Å²) in [4.78, 5) is 18.5. The van der Waals surface area contributed by atoms with Crippen LogP contribution >= 0.6 is 0 Å². The molecular weight excluding hydrogens is 402 g/mol. The fourth-order valence-corrected chi connectivity index (χ4v) is 4.42. The second-order valence-electron chi connectivity index (χ2n) is 8.00. The van der Waals surface area contributed by atoms with Crippen LogP contribution in [0, 0.1) is 11.8 Å². The number of nitrogens with zero attached hydrogens (tertiary/aromatic N) is 2. The number of piperidine rings is 1. The molecule has 0 atom stereocenters. The molecule has 3 rings (SSSR count). The standard InChI is InChI=1S/C22H29N3O4S/c1-17(2)16-29-20-3-5-21(6-4-20)30(27,28)24-15-18-9-13-25(14-10-18)22(26)19-7-11-23-12-8-19/h3-8,11-12,17-18,24H,9-10,13-16H2,1-2H3. The highest BCUT2D eigenvalue weighted by Gasteiger charge is 2.25. The number of rotatable bonds is 8. The first kappa shape index (κ1) is 22.2. The minimum atomic E-state index is -3.57. The van der Waals surface area contributed by atoms with Crippen molar-refractivity contribution in [3.63, 3.8) is 0 Å². The molecule has 2 heterocycles. The van der Waals surface area contributed by atoms with Crippen molar-refractivity contribution in [2.45, 2.75) is 31.6 Å². The number of benzene rings is 1. The summed E-state index contributed by atoms with van der Waals surface area (Å²) in [6.45, 7) is 6.31. The fraction of sp³-hybridized carbons (Fsp3) is 0.455. The third kappa shape index (κ3) is 6.03. The van der Waals surface area contributed by atoms with Gasteiger partial charge >= 0.3 is 0 Å². The first-order valence-corrected chi connectivity index (χ1v) is 11.8. The van der Waals surface area contributed by atoms with Gasteiger partial charge in [-0.2, -0.15) is 0 Å². The lowest BCUT2D eigenvalue weighted by molar-refractivity contribution is 0.0692. The molecule has 0 unspecified atom stereocenters. The third-order valence-corrected chi connectivity index (χ3v) is 6.55. The Morgan fingerprint density at radius 2 is 1.77 bits per heavy atom. The van der Waals surface area contributed by atoms with Crippen molar-refractivity contribution in [3.05, 3.63) is 54.4 Å². The molecule has 1 saturated heterocycles. The number of pyridine rings is 1. The maximum atomic E-state index is 12.6. The van der Waals surface area contributed by atoms with Crippen molar-refractivity contribution in [2.75, 3.05) is 26.2 Å². The molecule has 8 heteroatoms. The molecule has 1 aromatic heterocycles. The highest BCUT2D eigenvalue weighted by Crippen LogP contribution is 2.20. The lowest BCUT2D eigenvalue weighted by Crippen LogP contribution is -2.41. The van der Waals surface area contributed by atoms with Crippen molar-refractivity contribution in [3.8, 4) is 5.75 Å². The molecule has 30 heavy (non-hydrogen) atoms. The summed E-state index contributed by atoms with van der Waals surface area (Å²) in [6, 6.07) is 9.91. The van der Waals surface area contributed by atoms with E-state index in [0.29, 0.717) is 43.5 Å². The normalized spacial score (nSPS) is 15.4. The van der Waals surface area contributed by atoms with Gasteiger partial charge in [0.1, 0.15) is 5.75 Å². The number of hydrogen-bond acceptors (Lipinski definition) is 5. The number of hydrogen-bond donors (Lipinski definition) is 1. The molecule has 7 nitrogen and oxygen atoms in total. The number of amides is 1. The van der Waals surface area contributed by atoms with Crippen LogP contribution in [0.1, 0.15) is 37.0 Å². The molecule has 1 fully saturated rings. The van der Waals surface area contributed by atoms with Gasteiger partial charge < -0.3 is 9.64 Å². The first-order valence-electron chi connectivity index (χ1n) is 10.3. The number of ether oxygens (including phenoxy) is 1. The molecule has 0 aliphatic carbocycles. The zero-order valence-corrected chi connectivity index (χ0v) is 18.3. The number of carbonyl (C=O) groups excluding carboxylic acids is 1. The molecule has 1 aromatic carbocycles. The second kappa shape index (κ2) is 10.0. The third-order valence-electron chi connectivity index (χ3n) is 5.11. The molecule has 162 valence electrons. The van der Waals surface area contributed by atoms with Crippen molar-refractivity contribution >= 4 is 15.9 Å². The number of sulfonamides is 1. The van der Waals surface area contributed by atoms with E-state index < -0.39 is 10.0 Å². The zero-order valence-electron chi connectivity index (χ0n) is 17.5. The number of aromatic nitrogens is 1. The fourth-order valence-electron chi connectivity index (χ4n) is 3.31. The minimum absolute atomic E-state index is 0.00351. The SMILES string of the molecule is CC(C)COc1ccc(S(=O)(=O)NCC2CCN(C(=O)c3ccncc3)CC2)cc1. The summed E-state index contributed by atoms with van der Waals surface area (Å²) in [7, 11) is -3.57. The van der Waals surface area contributed by atoms with Crippen molar-refractivity contribution in [2.24, 2.45) is 11.8 Å². The molecule has 1 amide bonds. The average Bonchev–Trinajstić information content (AvgIpc) is 2.77. The van der Waals surface area contributed by atoms with Gasteiger partial charge in [0, 0.05) is 37.6 Å². The predicted octanol–water partition coefficient (Wildman–Crippen LogP) is 2.95. The molecule has 1 aliphatic rings. The first-order chi connectivity index (χ1) is 14.3. The van der Waals surface area contributed by atoms with Crippen LogP contribution in [0.4, 0.5) is 0 Å². The summed E-state index contributed by atoms with van der Waals surface area (Å²) in [5, 5.41) is 0. The summed E-state index contributed by atoms with van der Waals surface area (Å²) in [6.07, 6.45) is 4.75. The van der Waals surface area contributed by atoms with E-state index in [1.807, 2.05) is 4.90 Å². The summed E-state index contributed by atoms with van der Waals surface area (Å²) >= 11 is 0. The number of likely N-dealkylation sites (tertiary alicyclic amines) is 1. The van der Waals surface area contributed by atoms with E-state index in [1.165, 1.54) is 0 Å². The molecule has 0 saturated carbocycles. The zero-order chi connectivity index (χ0) is 21.6. The van der Waals surface area contributed by atoms with Crippen LogP contribution in [0.25, 0.3) is 0 Å². The maximum Gasteiger partial charge on any atom is 0.253 e. The summed E-state index contributed by atoms with van der Waals surface area (Å²) < 4.78 is 33.5. The smallest absolute Gasteiger partial charge is 0.253 e. The van der Waals surface area contributed by atoms with Crippen LogP contribution < -0.4 is 9.46 Å². The van der Waals surface area contributed by atoms with Gasteiger partial charge in [-0.05, 0) is 61.1 Å². The van der Waals surface area contributed by atoms with Crippen molar-refractivity contribution in [1.82, 2.24) is 14.6 Å². The van der Waals surface area contributed by atoms with Gasteiger partial charge in [-0.15, -0.1) is 0 Å². The van der Waals surface area contributed by atoms with Crippen LogP contribution in [-0.2, 0) is 10.0 Å². The van der Waals surface area contributed by atoms with Crippen LogP contribution in [0.5, 0.6) is 5.75 Å². The van der Waals surface area contributed by atoms with Gasteiger partial charge in [-0.25, -0.2) is 13.1 Å². The van der Waals surface area contributed by atoms with Crippen molar-refractivity contribution < 1.29 is 17.9 Å². The van der Waals surface area contributed by atoms with Gasteiger partial charge in [0.15, 0.2) is 0 Å². The molecular formula is C22H29N3O4S.